The van der Waals surface area contributed by atoms with Gasteiger partial charge in [0, 0.05) is 42.3 Å². The molecule has 39 heavy (non-hydrogen) atoms. The number of hydrogen-bond donors (Lipinski definition) is 2. The average molecular weight is 548 g/mol. The second-order valence-corrected chi connectivity index (χ2v) is 11.6. The molecule has 5 aromatic rings. The molecule has 0 aliphatic heterocycles. The Labute approximate surface area is 230 Å². The molecule has 5 rings (SSSR count). The molecule has 1 aromatic carbocycles. The third kappa shape index (κ3) is 6.35. The first-order chi connectivity index (χ1) is 18.7. The summed E-state index contributed by atoms with van der Waals surface area (Å²) in [6.07, 6.45) is 1.99. The maximum atomic E-state index is 12.6. The monoisotopic (exact) mass is 547 g/mol. The van der Waals surface area contributed by atoms with Crippen LogP contribution in [-0.2, 0) is 23.1 Å². The highest BCUT2D eigenvalue weighted by molar-refractivity contribution is 7.23. The number of nitrogens with zero attached hydrogens (tertiary/aromatic N) is 4. The van der Waals surface area contributed by atoms with Gasteiger partial charge < -0.3 is 19.7 Å². The van der Waals surface area contributed by atoms with Crippen molar-refractivity contribution in [2.75, 3.05) is 19.7 Å². The largest absolute Gasteiger partial charge is 0.475 e. The van der Waals surface area contributed by atoms with E-state index in [0.29, 0.717) is 24.5 Å². The number of ketones is 1. The van der Waals surface area contributed by atoms with Gasteiger partial charge in [0.05, 0.1) is 23.3 Å². The standard InChI is InChI=1S/C29H33N5O4S/c1-5-30-15-22(36)17-37-26-11-10-24-27(32-26)39-28-31-23(16-34(24)28)19-8-6-18(7-9-19)12-21(35)13-20-14-25(38-33-20)29(2,3)4/h6-11,14,16,22,30,36H,5,12-13,15,17H2,1-4H3. The lowest BCUT2D eigenvalue weighted by atomic mass is 9.93. The Hall–Kier alpha value is -3.60. The van der Waals surface area contributed by atoms with Gasteiger partial charge in [-0.2, -0.15) is 0 Å². The minimum absolute atomic E-state index is 0.0912. The number of ether oxygens (including phenoxy) is 1. The van der Waals surface area contributed by atoms with Gasteiger partial charge in [-0.3, -0.25) is 9.20 Å². The smallest absolute Gasteiger partial charge is 0.214 e. The minimum Gasteiger partial charge on any atom is -0.475 e. The molecule has 0 saturated carbocycles. The van der Waals surface area contributed by atoms with Crippen LogP contribution in [0, 0.1) is 0 Å². The quantitative estimate of drug-likeness (QED) is 0.247. The van der Waals surface area contributed by atoms with Crippen molar-refractivity contribution in [2.24, 2.45) is 0 Å². The van der Waals surface area contributed by atoms with Crippen LogP contribution in [0.4, 0.5) is 0 Å². The number of carbonyl (C=O) groups excluding carboxylic acids is 1. The van der Waals surface area contributed by atoms with E-state index >= 15 is 0 Å². The van der Waals surface area contributed by atoms with E-state index in [1.165, 1.54) is 11.3 Å². The molecule has 1 atom stereocenters. The van der Waals surface area contributed by atoms with E-state index in [-0.39, 0.29) is 24.2 Å². The zero-order chi connectivity index (χ0) is 27.6. The van der Waals surface area contributed by atoms with Gasteiger partial charge in [-0.15, -0.1) is 0 Å². The molecule has 0 fully saturated rings. The van der Waals surface area contributed by atoms with Gasteiger partial charge >= 0.3 is 0 Å². The van der Waals surface area contributed by atoms with Crippen LogP contribution < -0.4 is 10.1 Å². The molecule has 0 saturated heterocycles. The van der Waals surface area contributed by atoms with Crippen LogP contribution in [-0.4, -0.2) is 56.2 Å². The van der Waals surface area contributed by atoms with Gasteiger partial charge in [0.15, 0.2) is 4.96 Å². The Morgan fingerprint density at radius 1 is 1.15 bits per heavy atom. The summed E-state index contributed by atoms with van der Waals surface area (Å²) >= 11 is 1.48. The third-order valence-corrected chi connectivity index (χ3v) is 7.28. The molecule has 0 aliphatic rings. The van der Waals surface area contributed by atoms with Gasteiger partial charge in [0.2, 0.25) is 5.88 Å². The van der Waals surface area contributed by atoms with E-state index < -0.39 is 6.10 Å². The molecule has 1 unspecified atom stereocenters. The van der Waals surface area contributed by atoms with Gasteiger partial charge in [0.1, 0.15) is 29.1 Å². The number of pyridine rings is 1. The molecular weight excluding hydrogens is 514 g/mol. The number of aromatic nitrogens is 4. The van der Waals surface area contributed by atoms with Crippen molar-refractivity contribution < 1.29 is 19.2 Å². The lowest BCUT2D eigenvalue weighted by molar-refractivity contribution is -0.117. The topological polar surface area (TPSA) is 115 Å². The molecular formula is C29H33N5O4S. The molecule has 0 radical (unpaired) electrons. The van der Waals surface area contributed by atoms with Crippen LogP contribution in [0.1, 0.15) is 44.7 Å². The number of aliphatic hydroxyl groups is 1. The fourth-order valence-electron chi connectivity index (χ4n) is 4.17. The van der Waals surface area contributed by atoms with Gasteiger partial charge in [0.25, 0.3) is 0 Å². The number of carbonyl (C=O) groups is 1. The maximum Gasteiger partial charge on any atom is 0.214 e. The number of benzene rings is 1. The highest BCUT2D eigenvalue weighted by Crippen LogP contribution is 2.30. The summed E-state index contributed by atoms with van der Waals surface area (Å²) in [4.78, 5) is 23.6. The maximum absolute atomic E-state index is 12.6. The number of thiazole rings is 1. The summed E-state index contributed by atoms with van der Waals surface area (Å²) in [7, 11) is 0. The van der Waals surface area contributed by atoms with Crippen molar-refractivity contribution in [3.8, 4) is 17.1 Å². The molecule has 4 heterocycles. The van der Waals surface area contributed by atoms with Crippen molar-refractivity contribution in [2.45, 2.75) is 52.1 Å². The Balaban J connectivity index is 1.23. The van der Waals surface area contributed by atoms with Crippen molar-refractivity contribution in [3.05, 3.63) is 65.7 Å². The second-order valence-electron chi connectivity index (χ2n) is 10.6. The van der Waals surface area contributed by atoms with Gasteiger partial charge in [-0.05, 0) is 18.2 Å². The van der Waals surface area contributed by atoms with Crippen LogP contribution >= 0.6 is 11.3 Å². The Bertz CT molecular complexity index is 1580. The number of nitrogens with one attached hydrogen (secondary N) is 1. The highest BCUT2D eigenvalue weighted by atomic mass is 32.1. The summed E-state index contributed by atoms with van der Waals surface area (Å²) in [6.45, 7) is 9.60. The van der Waals surface area contributed by atoms with E-state index in [0.717, 1.165) is 44.4 Å². The SMILES string of the molecule is CCNCC(O)COc1ccc2c(n1)sc1nc(-c3ccc(CC(=O)Cc4cc(C(C)(C)C)on4)cc3)cn12. The normalized spacial score (nSPS) is 12.8. The van der Waals surface area contributed by atoms with Crippen molar-refractivity contribution in [3.63, 3.8) is 0 Å². The zero-order valence-corrected chi connectivity index (χ0v) is 23.4. The van der Waals surface area contributed by atoms with Crippen LogP contribution in [0.25, 0.3) is 26.6 Å². The van der Waals surface area contributed by atoms with Crippen molar-refractivity contribution >= 4 is 32.4 Å². The summed E-state index contributed by atoms with van der Waals surface area (Å²) in [5.41, 5.74) is 4.25. The number of Topliss-reactive ketones (excluding diaryl/α,β-unsaturated/α-hetero) is 1. The third-order valence-electron chi connectivity index (χ3n) is 6.32. The van der Waals surface area contributed by atoms with Gasteiger partial charge in [-0.1, -0.05) is 68.5 Å². The van der Waals surface area contributed by atoms with Crippen molar-refractivity contribution in [1.29, 1.82) is 0 Å². The van der Waals surface area contributed by atoms with Crippen LogP contribution in [0.15, 0.2) is 53.2 Å². The summed E-state index contributed by atoms with van der Waals surface area (Å²) in [6, 6.07) is 13.6. The fourth-order valence-corrected chi connectivity index (χ4v) is 5.15. The van der Waals surface area contributed by atoms with Crippen LogP contribution in [0.2, 0.25) is 0 Å². The van der Waals surface area contributed by atoms with Crippen LogP contribution in [0.5, 0.6) is 5.88 Å². The highest BCUT2D eigenvalue weighted by Gasteiger charge is 2.20. The molecule has 10 heteroatoms. The molecule has 9 nitrogen and oxygen atoms in total. The minimum atomic E-state index is -0.592. The number of aliphatic hydroxyl groups excluding tert-OH is 1. The first-order valence-corrected chi connectivity index (χ1v) is 13.9. The molecule has 0 amide bonds. The Morgan fingerprint density at radius 2 is 1.95 bits per heavy atom. The first-order valence-electron chi connectivity index (χ1n) is 13.1. The Kier molecular flexibility index (Phi) is 7.79. The molecule has 4 aromatic heterocycles. The lowest BCUT2D eigenvalue weighted by Crippen LogP contribution is -2.31. The summed E-state index contributed by atoms with van der Waals surface area (Å²) in [5, 5.41) is 17.1. The fraction of sp³-hybridized carbons (Fsp3) is 0.379. The molecule has 0 aliphatic carbocycles. The summed E-state index contributed by atoms with van der Waals surface area (Å²) in [5.74, 6) is 1.35. The predicted octanol–water partition coefficient (Wildman–Crippen LogP) is 4.60. The summed E-state index contributed by atoms with van der Waals surface area (Å²) < 4.78 is 13.1. The number of hydrogen-bond acceptors (Lipinski definition) is 9. The average Bonchev–Trinajstić information content (AvgIpc) is 3.61. The molecule has 204 valence electrons. The van der Waals surface area contributed by atoms with E-state index in [4.69, 9.17) is 14.2 Å². The van der Waals surface area contributed by atoms with Crippen LogP contribution in [0.3, 0.4) is 0 Å². The van der Waals surface area contributed by atoms with Gasteiger partial charge in [-0.25, -0.2) is 9.97 Å². The number of rotatable bonds is 11. The van der Waals surface area contributed by atoms with Crippen molar-refractivity contribution in [1.82, 2.24) is 24.8 Å². The van der Waals surface area contributed by atoms with E-state index in [9.17, 15) is 9.90 Å². The zero-order valence-electron chi connectivity index (χ0n) is 22.6. The van der Waals surface area contributed by atoms with E-state index in [1.54, 1.807) is 0 Å². The molecule has 0 spiro atoms. The molecule has 2 N–H and O–H groups in total. The number of imidazole rings is 1. The lowest BCUT2D eigenvalue weighted by Gasteiger charge is -2.12. The Morgan fingerprint density at radius 3 is 2.67 bits per heavy atom. The second kappa shape index (κ2) is 11.3. The number of fused-ring (bicyclic) bond motifs is 3. The predicted molar refractivity (Wildman–Crippen MR) is 151 cm³/mol. The van der Waals surface area contributed by atoms with E-state index in [1.807, 2.05) is 60.0 Å². The molecule has 0 bridgehead atoms. The first kappa shape index (κ1) is 27.0. The number of likely N-dealkylation sites (N-methyl/N-ethyl adjacent to an activating group) is 1. The van der Waals surface area contributed by atoms with E-state index in [2.05, 4.69) is 36.2 Å².